The van der Waals surface area contributed by atoms with Crippen molar-refractivity contribution in [2.75, 3.05) is 27.3 Å². The Morgan fingerprint density at radius 3 is 2.44 bits per heavy atom. The Labute approximate surface area is 199 Å². The van der Waals surface area contributed by atoms with Gasteiger partial charge in [-0.15, -0.1) is 0 Å². The topological polar surface area (TPSA) is 72.0 Å². The molecular formula is C27H29N3O4. The average Bonchev–Trinajstić information content (AvgIpc) is 2.89. The van der Waals surface area contributed by atoms with E-state index in [1.54, 1.807) is 31.3 Å². The molecule has 7 nitrogen and oxygen atoms in total. The molecule has 4 rings (SSSR count). The smallest absolute Gasteiger partial charge is 0.272 e. The number of methoxy groups -OCH3 is 2. The first-order chi connectivity index (χ1) is 16.6. The molecule has 1 fully saturated rings. The molecule has 0 saturated carbocycles. The van der Waals surface area contributed by atoms with Crippen molar-refractivity contribution in [1.29, 1.82) is 0 Å². The van der Waals surface area contributed by atoms with Crippen molar-refractivity contribution in [3.8, 4) is 11.5 Å². The van der Waals surface area contributed by atoms with Gasteiger partial charge in [0.2, 0.25) is 5.91 Å². The second kappa shape index (κ2) is 10.8. The third-order valence-electron chi connectivity index (χ3n) is 6.09. The van der Waals surface area contributed by atoms with Gasteiger partial charge in [0.25, 0.3) is 5.91 Å². The number of piperazine rings is 1. The molecule has 2 heterocycles. The first kappa shape index (κ1) is 23.3. The number of carbonyl (C=O) groups excluding carboxylic acids is 2. The molecule has 7 heteroatoms. The lowest BCUT2D eigenvalue weighted by Gasteiger charge is -2.41. The number of ether oxygens (including phenoxy) is 2. The fraction of sp³-hybridized carbons (Fsp3) is 0.296. The number of rotatable bonds is 8. The van der Waals surface area contributed by atoms with Crippen LogP contribution in [-0.2, 0) is 17.8 Å². The molecule has 0 radical (unpaired) electrons. The highest BCUT2D eigenvalue weighted by molar-refractivity contribution is 5.95. The maximum Gasteiger partial charge on any atom is 0.272 e. The number of pyridine rings is 1. The summed E-state index contributed by atoms with van der Waals surface area (Å²) in [6.45, 7) is 0.950. The Hall–Kier alpha value is -3.87. The van der Waals surface area contributed by atoms with E-state index in [9.17, 15) is 9.59 Å². The lowest BCUT2D eigenvalue weighted by Crippen LogP contribution is -2.57. The third kappa shape index (κ3) is 5.54. The zero-order chi connectivity index (χ0) is 23.9. The van der Waals surface area contributed by atoms with Crippen LogP contribution < -0.4 is 9.47 Å². The quantitative estimate of drug-likeness (QED) is 0.515. The number of hydrogen-bond donors (Lipinski definition) is 0. The van der Waals surface area contributed by atoms with Crippen LogP contribution in [0.25, 0.3) is 0 Å². The van der Waals surface area contributed by atoms with Gasteiger partial charge in [0.05, 0.1) is 26.5 Å². The minimum absolute atomic E-state index is 0.0261. The Kier molecular flexibility index (Phi) is 7.42. The van der Waals surface area contributed by atoms with Gasteiger partial charge in [-0.2, -0.15) is 0 Å². The van der Waals surface area contributed by atoms with Gasteiger partial charge < -0.3 is 19.3 Å². The van der Waals surface area contributed by atoms with E-state index in [2.05, 4.69) is 17.1 Å². The summed E-state index contributed by atoms with van der Waals surface area (Å²) < 4.78 is 10.5. The van der Waals surface area contributed by atoms with Gasteiger partial charge in [-0.25, -0.2) is 4.98 Å². The van der Waals surface area contributed by atoms with Crippen LogP contribution in [0.15, 0.2) is 72.9 Å². The molecule has 2 aromatic carbocycles. The van der Waals surface area contributed by atoms with E-state index >= 15 is 0 Å². The van der Waals surface area contributed by atoms with E-state index in [0.29, 0.717) is 24.5 Å². The fourth-order valence-electron chi connectivity index (χ4n) is 4.23. The minimum atomic E-state index is -0.248. The van der Waals surface area contributed by atoms with Crippen molar-refractivity contribution in [2.45, 2.75) is 25.4 Å². The first-order valence-corrected chi connectivity index (χ1v) is 11.3. The van der Waals surface area contributed by atoms with Gasteiger partial charge in [0.1, 0.15) is 23.7 Å². The molecular weight excluding hydrogens is 430 g/mol. The highest BCUT2D eigenvalue weighted by Gasteiger charge is 2.35. The Bertz CT molecular complexity index is 1120. The van der Waals surface area contributed by atoms with Crippen molar-refractivity contribution in [3.63, 3.8) is 0 Å². The summed E-state index contributed by atoms with van der Waals surface area (Å²) in [5.74, 6) is 1.01. The summed E-state index contributed by atoms with van der Waals surface area (Å²) in [7, 11) is 3.18. The van der Waals surface area contributed by atoms with Gasteiger partial charge in [-0.05, 0) is 48.2 Å². The minimum Gasteiger partial charge on any atom is -0.497 e. The second-order valence-electron chi connectivity index (χ2n) is 8.32. The Morgan fingerprint density at radius 1 is 0.971 bits per heavy atom. The van der Waals surface area contributed by atoms with Gasteiger partial charge in [0, 0.05) is 13.1 Å². The van der Waals surface area contributed by atoms with Crippen molar-refractivity contribution >= 4 is 11.8 Å². The maximum atomic E-state index is 13.3. The van der Waals surface area contributed by atoms with E-state index in [1.807, 2.05) is 47.4 Å². The van der Waals surface area contributed by atoms with Gasteiger partial charge >= 0.3 is 0 Å². The fourth-order valence-corrected chi connectivity index (χ4v) is 4.23. The standard InChI is InChI=1S/C27H29N3O4/c1-33-23-10-6-9-21(15-23)17-30-22(12-11-20-7-4-3-5-8-20)18-29(19-26(30)31)27(32)25-14-13-24(34-2)16-28-25/h3-10,13-16,22H,11-12,17-19H2,1-2H3/t22-/m0/s1. The predicted octanol–water partition coefficient (Wildman–Crippen LogP) is 3.58. The summed E-state index contributed by atoms with van der Waals surface area (Å²) in [6.07, 6.45) is 3.08. The zero-order valence-electron chi connectivity index (χ0n) is 19.5. The molecule has 1 atom stereocenters. The van der Waals surface area contributed by atoms with Crippen LogP contribution in [0.4, 0.5) is 0 Å². The molecule has 0 bridgehead atoms. The monoisotopic (exact) mass is 459 g/mol. The van der Waals surface area contributed by atoms with E-state index in [4.69, 9.17) is 9.47 Å². The molecule has 0 aliphatic carbocycles. The summed E-state index contributed by atoms with van der Waals surface area (Å²) in [5, 5.41) is 0. The van der Waals surface area contributed by atoms with Crippen molar-refractivity contribution in [3.05, 3.63) is 89.7 Å². The molecule has 1 aliphatic rings. The molecule has 0 unspecified atom stereocenters. The van der Waals surface area contributed by atoms with E-state index in [-0.39, 0.29) is 24.4 Å². The molecule has 0 N–H and O–H groups in total. The lowest BCUT2D eigenvalue weighted by atomic mass is 10.0. The summed E-state index contributed by atoms with van der Waals surface area (Å²) in [5.41, 5.74) is 2.50. The Morgan fingerprint density at radius 2 is 1.74 bits per heavy atom. The molecule has 1 aromatic heterocycles. The number of aromatic nitrogens is 1. The summed E-state index contributed by atoms with van der Waals surface area (Å²) in [6, 6.07) is 21.2. The molecule has 176 valence electrons. The summed E-state index contributed by atoms with van der Waals surface area (Å²) in [4.78, 5) is 34.1. The third-order valence-corrected chi connectivity index (χ3v) is 6.09. The van der Waals surface area contributed by atoms with Crippen LogP contribution in [0.2, 0.25) is 0 Å². The average molecular weight is 460 g/mol. The number of nitrogens with zero attached hydrogens (tertiary/aromatic N) is 3. The van der Waals surface area contributed by atoms with E-state index in [1.165, 1.54) is 11.8 Å². The maximum absolute atomic E-state index is 13.3. The second-order valence-corrected chi connectivity index (χ2v) is 8.32. The highest BCUT2D eigenvalue weighted by atomic mass is 16.5. The number of benzene rings is 2. The van der Waals surface area contributed by atoms with E-state index in [0.717, 1.165) is 24.2 Å². The number of aryl methyl sites for hydroxylation is 1. The van der Waals surface area contributed by atoms with Crippen LogP contribution in [-0.4, -0.2) is 59.9 Å². The van der Waals surface area contributed by atoms with Gasteiger partial charge in [-0.1, -0.05) is 42.5 Å². The van der Waals surface area contributed by atoms with Crippen molar-refractivity contribution in [2.24, 2.45) is 0 Å². The number of amides is 2. The molecule has 2 amide bonds. The van der Waals surface area contributed by atoms with Crippen molar-refractivity contribution in [1.82, 2.24) is 14.8 Å². The molecule has 3 aromatic rings. The number of carbonyl (C=O) groups is 2. The zero-order valence-corrected chi connectivity index (χ0v) is 19.5. The van der Waals surface area contributed by atoms with Crippen LogP contribution in [0, 0.1) is 0 Å². The van der Waals surface area contributed by atoms with Gasteiger partial charge in [-0.3, -0.25) is 9.59 Å². The summed E-state index contributed by atoms with van der Waals surface area (Å²) >= 11 is 0. The number of hydrogen-bond acceptors (Lipinski definition) is 5. The molecule has 1 aliphatic heterocycles. The van der Waals surface area contributed by atoms with Gasteiger partial charge in [0.15, 0.2) is 0 Å². The van der Waals surface area contributed by atoms with Crippen LogP contribution in [0.1, 0.15) is 28.0 Å². The normalized spacial score (nSPS) is 15.8. The SMILES string of the molecule is COc1ccc(C(=O)N2CC(=O)N(Cc3cccc(OC)c3)[C@@H](CCc3ccccc3)C2)nc1. The molecule has 1 saturated heterocycles. The van der Waals surface area contributed by atoms with Crippen LogP contribution in [0.3, 0.4) is 0 Å². The van der Waals surface area contributed by atoms with Crippen molar-refractivity contribution < 1.29 is 19.1 Å². The Balaban J connectivity index is 1.54. The lowest BCUT2D eigenvalue weighted by molar-refractivity contribution is -0.139. The van der Waals surface area contributed by atoms with Crippen LogP contribution in [0.5, 0.6) is 11.5 Å². The molecule has 34 heavy (non-hydrogen) atoms. The van der Waals surface area contributed by atoms with Crippen LogP contribution >= 0.6 is 0 Å². The highest BCUT2D eigenvalue weighted by Crippen LogP contribution is 2.23. The first-order valence-electron chi connectivity index (χ1n) is 11.3. The van der Waals surface area contributed by atoms with E-state index < -0.39 is 0 Å². The largest absolute Gasteiger partial charge is 0.497 e. The molecule has 0 spiro atoms. The predicted molar refractivity (Wildman–Crippen MR) is 129 cm³/mol.